The van der Waals surface area contributed by atoms with Crippen LogP contribution in [0.4, 0.5) is 0 Å². The van der Waals surface area contributed by atoms with Crippen molar-refractivity contribution in [3.8, 4) is 5.75 Å². The highest BCUT2D eigenvalue weighted by Gasteiger charge is 2.14. The molecule has 2 heteroatoms. The van der Waals surface area contributed by atoms with Crippen molar-refractivity contribution in [3.05, 3.63) is 64.7 Å². The topological polar surface area (TPSA) is 40.5 Å². The number of aliphatic hydroxyl groups excluding tert-OH is 1. The Balaban J connectivity index is 2.43. The van der Waals surface area contributed by atoms with Gasteiger partial charge in [0.25, 0.3) is 0 Å². The van der Waals surface area contributed by atoms with Crippen molar-refractivity contribution in [2.24, 2.45) is 0 Å². The van der Waals surface area contributed by atoms with Crippen LogP contribution in [0.1, 0.15) is 28.4 Å². The quantitative estimate of drug-likeness (QED) is 0.829. The maximum atomic E-state index is 10.3. The first-order valence-electron chi connectivity index (χ1n) is 5.62. The smallest absolute Gasteiger partial charge is 0.121 e. The van der Waals surface area contributed by atoms with E-state index >= 15 is 0 Å². The predicted molar refractivity (Wildman–Crippen MR) is 68.1 cm³/mol. The van der Waals surface area contributed by atoms with Crippen molar-refractivity contribution in [3.63, 3.8) is 0 Å². The van der Waals surface area contributed by atoms with E-state index < -0.39 is 6.10 Å². The standard InChI is InChI=1S/C15H16O2/c1-10-4-3-5-12(8-10)15(17)13-9-11(2)6-7-14(13)16/h3-9,15-17H,1-2H3. The highest BCUT2D eigenvalue weighted by molar-refractivity contribution is 5.42. The first-order valence-corrected chi connectivity index (χ1v) is 5.62. The Labute approximate surface area is 101 Å². The van der Waals surface area contributed by atoms with Gasteiger partial charge in [0.05, 0.1) is 0 Å². The molecule has 0 spiro atoms. The average molecular weight is 228 g/mol. The monoisotopic (exact) mass is 228 g/mol. The fourth-order valence-electron chi connectivity index (χ4n) is 1.91. The van der Waals surface area contributed by atoms with Crippen LogP contribution in [0.3, 0.4) is 0 Å². The van der Waals surface area contributed by atoms with Gasteiger partial charge in [-0.25, -0.2) is 0 Å². The summed E-state index contributed by atoms with van der Waals surface area (Å²) in [5.41, 5.74) is 3.46. The number of aryl methyl sites for hydroxylation is 2. The van der Waals surface area contributed by atoms with Crippen LogP contribution in [-0.4, -0.2) is 10.2 Å². The number of phenolic OH excluding ortho intramolecular Hbond substituents is 1. The summed E-state index contributed by atoms with van der Waals surface area (Å²) < 4.78 is 0. The molecule has 17 heavy (non-hydrogen) atoms. The molecular formula is C15H16O2. The molecule has 0 aliphatic heterocycles. The van der Waals surface area contributed by atoms with E-state index in [4.69, 9.17) is 0 Å². The third-order valence-corrected chi connectivity index (χ3v) is 2.84. The molecule has 2 N–H and O–H groups in total. The van der Waals surface area contributed by atoms with Crippen molar-refractivity contribution in [2.45, 2.75) is 20.0 Å². The van der Waals surface area contributed by atoms with Crippen LogP contribution < -0.4 is 0 Å². The van der Waals surface area contributed by atoms with Gasteiger partial charge in [-0.1, -0.05) is 41.5 Å². The Bertz CT molecular complexity index is 532. The maximum Gasteiger partial charge on any atom is 0.121 e. The third kappa shape index (κ3) is 2.48. The zero-order chi connectivity index (χ0) is 12.4. The molecule has 0 aliphatic rings. The Morgan fingerprint density at radius 1 is 0.941 bits per heavy atom. The van der Waals surface area contributed by atoms with Gasteiger partial charge in [0.15, 0.2) is 0 Å². The van der Waals surface area contributed by atoms with Gasteiger partial charge in [-0.3, -0.25) is 0 Å². The van der Waals surface area contributed by atoms with Gasteiger partial charge >= 0.3 is 0 Å². The summed E-state index contributed by atoms with van der Waals surface area (Å²) in [6, 6.07) is 12.9. The molecule has 0 radical (unpaired) electrons. The number of aliphatic hydroxyl groups is 1. The lowest BCUT2D eigenvalue weighted by atomic mass is 9.98. The average Bonchev–Trinajstić information content (AvgIpc) is 2.31. The molecule has 2 rings (SSSR count). The second kappa shape index (κ2) is 4.60. The van der Waals surface area contributed by atoms with Crippen LogP contribution in [0.2, 0.25) is 0 Å². The first-order chi connectivity index (χ1) is 8.08. The summed E-state index contributed by atoms with van der Waals surface area (Å²) in [6.45, 7) is 3.91. The zero-order valence-corrected chi connectivity index (χ0v) is 10.0. The van der Waals surface area contributed by atoms with Gasteiger partial charge in [0.2, 0.25) is 0 Å². The van der Waals surface area contributed by atoms with Crippen molar-refractivity contribution in [2.75, 3.05) is 0 Å². The number of hydrogen-bond acceptors (Lipinski definition) is 2. The molecule has 0 bridgehead atoms. The number of hydrogen-bond donors (Lipinski definition) is 2. The van der Waals surface area contributed by atoms with Crippen LogP contribution in [0, 0.1) is 13.8 Å². The lowest BCUT2D eigenvalue weighted by molar-refractivity contribution is 0.215. The van der Waals surface area contributed by atoms with E-state index in [1.54, 1.807) is 6.07 Å². The van der Waals surface area contributed by atoms with E-state index in [2.05, 4.69) is 0 Å². The molecule has 0 heterocycles. The van der Waals surface area contributed by atoms with Crippen molar-refractivity contribution in [1.82, 2.24) is 0 Å². The fraction of sp³-hybridized carbons (Fsp3) is 0.200. The third-order valence-electron chi connectivity index (χ3n) is 2.84. The molecule has 0 aliphatic carbocycles. The van der Waals surface area contributed by atoms with E-state index in [1.807, 2.05) is 50.2 Å². The highest BCUT2D eigenvalue weighted by Crippen LogP contribution is 2.30. The molecule has 0 saturated carbocycles. The Hall–Kier alpha value is -1.80. The molecule has 0 aromatic heterocycles. The van der Waals surface area contributed by atoms with Crippen LogP contribution in [0.15, 0.2) is 42.5 Å². The van der Waals surface area contributed by atoms with E-state index in [9.17, 15) is 10.2 Å². The van der Waals surface area contributed by atoms with E-state index in [0.717, 1.165) is 16.7 Å². The zero-order valence-electron chi connectivity index (χ0n) is 10.0. The SMILES string of the molecule is Cc1cccc(C(O)c2cc(C)ccc2O)c1. The molecule has 0 amide bonds. The number of phenols is 1. The molecule has 2 aromatic rings. The summed E-state index contributed by atoms with van der Waals surface area (Å²) in [5, 5.41) is 20.0. The minimum Gasteiger partial charge on any atom is -0.508 e. The molecule has 0 fully saturated rings. The van der Waals surface area contributed by atoms with Gasteiger partial charge in [-0.05, 0) is 31.5 Å². The molecule has 1 unspecified atom stereocenters. The predicted octanol–water partition coefficient (Wildman–Crippen LogP) is 3.09. The van der Waals surface area contributed by atoms with E-state index in [-0.39, 0.29) is 5.75 Å². The lowest BCUT2D eigenvalue weighted by Crippen LogP contribution is -2.00. The van der Waals surface area contributed by atoms with Gasteiger partial charge < -0.3 is 10.2 Å². The van der Waals surface area contributed by atoms with Crippen molar-refractivity contribution < 1.29 is 10.2 Å². The largest absolute Gasteiger partial charge is 0.508 e. The minimum atomic E-state index is -0.783. The molecule has 2 nitrogen and oxygen atoms in total. The highest BCUT2D eigenvalue weighted by atomic mass is 16.3. The fourth-order valence-corrected chi connectivity index (χ4v) is 1.91. The van der Waals surface area contributed by atoms with Gasteiger partial charge in [-0.2, -0.15) is 0 Å². The Morgan fingerprint density at radius 2 is 1.65 bits per heavy atom. The van der Waals surface area contributed by atoms with Crippen LogP contribution in [0.25, 0.3) is 0 Å². The van der Waals surface area contributed by atoms with Crippen molar-refractivity contribution >= 4 is 0 Å². The number of benzene rings is 2. The number of aromatic hydroxyl groups is 1. The second-order valence-electron chi connectivity index (χ2n) is 4.38. The van der Waals surface area contributed by atoms with Gasteiger partial charge in [-0.15, -0.1) is 0 Å². The van der Waals surface area contributed by atoms with Crippen LogP contribution in [-0.2, 0) is 0 Å². The normalized spacial score (nSPS) is 12.4. The summed E-state index contributed by atoms with van der Waals surface area (Å²) in [5.74, 6) is 0.129. The second-order valence-corrected chi connectivity index (χ2v) is 4.38. The first kappa shape index (κ1) is 11.7. The summed E-state index contributed by atoms with van der Waals surface area (Å²) in [6.07, 6.45) is -0.783. The lowest BCUT2D eigenvalue weighted by Gasteiger charge is -2.14. The summed E-state index contributed by atoms with van der Waals surface area (Å²) in [7, 11) is 0. The molecule has 88 valence electrons. The number of rotatable bonds is 2. The summed E-state index contributed by atoms with van der Waals surface area (Å²) in [4.78, 5) is 0. The van der Waals surface area contributed by atoms with E-state index in [1.165, 1.54) is 0 Å². The maximum absolute atomic E-state index is 10.3. The van der Waals surface area contributed by atoms with Gasteiger partial charge in [0.1, 0.15) is 11.9 Å². The van der Waals surface area contributed by atoms with Crippen molar-refractivity contribution in [1.29, 1.82) is 0 Å². The van der Waals surface area contributed by atoms with Crippen LogP contribution in [0.5, 0.6) is 5.75 Å². The Kier molecular flexibility index (Phi) is 3.16. The molecule has 2 aromatic carbocycles. The minimum absolute atomic E-state index is 0.129. The van der Waals surface area contributed by atoms with Gasteiger partial charge in [0, 0.05) is 5.56 Å². The van der Waals surface area contributed by atoms with Crippen LogP contribution >= 0.6 is 0 Å². The van der Waals surface area contributed by atoms with E-state index in [0.29, 0.717) is 5.56 Å². The Morgan fingerprint density at radius 3 is 2.35 bits per heavy atom. The summed E-state index contributed by atoms with van der Waals surface area (Å²) >= 11 is 0. The molecule has 1 atom stereocenters. The molecule has 0 saturated heterocycles. The molecular weight excluding hydrogens is 212 g/mol.